The molecule has 150 valence electrons. The number of carbonyl (C=O) groups is 1. The number of nitro groups is 1. The van der Waals surface area contributed by atoms with Crippen molar-refractivity contribution in [1.82, 2.24) is 9.78 Å². The van der Waals surface area contributed by atoms with Gasteiger partial charge in [-0.15, -0.1) is 0 Å². The van der Waals surface area contributed by atoms with Crippen molar-refractivity contribution in [2.75, 3.05) is 17.2 Å². The number of nitro benzene ring substituents is 1. The first-order chi connectivity index (χ1) is 13.9. The predicted molar refractivity (Wildman–Crippen MR) is 113 cm³/mol. The van der Waals surface area contributed by atoms with E-state index in [1.165, 1.54) is 24.4 Å². The Hall–Kier alpha value is -3.10. The van der Waals surface area contributed by atoms with Gasteiger partial charge in [0.25, 0.3) is 11.6 Å². The molecule has 0 fully saturated rings. The maximum atomic E-state index is 12.6. The molecule has 0 bridgehead atoms. The van der Waals surface area contributed by atoms with Gasteiger partial charge in [0, 0.05) is 34.3 Å². The summed E-state index contributed by atoms with van der Waals surface area (Å²) in [5, 5.41) is 22.1. The summed E-state index contributed by atoms with van der Waals surface area (Å²) in [7, 11) is 0. The zero-order chi connectivity index (χ0) is 21.0. The normalized spacial score (nSPS) is 10.6. The number of carbonyl (C=O) groups excluding carboxylic acids is 1. The number of rotatable bonds is 7. The summed E-state index contributed by atoms with van der Waals surface area (Å²) in [5.41, 5.74) is 1.13. The molecule has 0 atom stereocenters. The average Bonchev–Trinajstić information content (AvgIpc) is 3.11. The van der Waals surface area contributed by atoms with E-state index < -0.39 is 10.8 Å². The zero-order valence-corrected chi connectivity index (χ0v) is 16.9. The lowest BCUT2D eigenvalue weighted by Gasteiger charge is -2.11. The predicted octanol–water partition coefficient (Wildman–Crippen LogP) is 4.83. The van der Waals surface area contributed by atoms with E-state index >= 15 is 0 Å². The smallest absolute Gasteiger partial charge is 0.293 e. The number of aromatic nitrogens is 2. The summed E-state index contributed by atoms with van der Waals surface area (Å²) in [6.07, 6.45) is 1.54. The van der Waals surface area contributed by atoms with Gasteiger partial charge < -0.3 is 10.6 Å². The number of halogens is 2. The van der Waals surface area contributed by atoms with Gasteiger partial charge in [0.1, 0.15) is 11.5 Å². The highest BCUT2D eigenvalue weighted by Gasteiger charge is 2.18. The summed E-state index contributed by atoms with van der Waals surface area (Å²) in [6.45, 7) is 2.68. The molecule has 2 aromatic carbocycles. The van der Waals surface area contributed by atoms with Crippen LogP contribution in [0.2, 0.25) is 10.0 Å². The van der Waals surface area contributed by atoms with E-state index in [0.29, 0.717) is 34.6 Å². The van der Waals surface area contributed by atoms with Crippen molar-refractivity contribution >= 4 is 46.3 Å². The molecule has 29 heavy (non-hydrogen) atoms. The highest BCUT2D eigenvalue weighted by molar-refractivity contribution is 6.35. The van der Waals surface area contributed by atoms with Crippen molar-refractivity contribution in [2.45, 2.75) is 13.5 Å². The third-order valence-corrected chi connectivity index (χ3v) is 4.70. The summed E-state index contributed by atoms with van der Waals surface area (Å²) >= 11 is 12.1. The van der Waals surface area contributed by atoms with Crippen molar-refractivity contribution in [2.24, 2.45) is 0 Å². The summed E-state index contributed by atoms with van der Waals surface area (Å²) in [6, 6.07) is 11.0. The van der Waals surface area contributed by atoms with Crippen molar-refractivity contribution in [3.05, 3.63) is 79.9 Å². The molecule has 8 nitrogen and oxygen atoms in total. The monoisotopic (exact) mass is 433 g/mol. The number of benzene rings is 2. The van der Waals surface area contributed by atoms with Gasteiger partial charge in [0.05, 0.1) is 17.7 Å². The molecular weight excluding hydrogens is 417 g/mol. The Morgan fingerprint density at radius 3 is 2.69 bits per heavy atom. The Bertz CT molecular complexity index is 1070. The van der Waals surface area contributed by atoms with Crippen LogP contribution in [0.15, 0.2) is 48.7 Å². The Kier molecular flexibility index (Phi) is 6.36. The molecule has 1 heterocycles. The number of anilines is 2. The van der Waals surface area contributed by atoms with Gasteiger partial charge in [-0.1, -0.05) is 29.3 Å². The molecule has 3 rings (SSSR count). The average molecular weight is 434 g/mol. The first-order valence-corrected chi connectivity index (χ1v) is 9.44. The molecule has 10 heteroatoms. The van der Waals surface area contributed by atoms with E-state index in [1.807, 2.05) is 6.92 Å². The van der Waals surface area contributed by atoms with Crippen molar-refractivity contribution in [3.63, 3.8) is 0 Å². The molecule has 1 amide bonds. The van der Waals surface area contributed by atoms with Crippen molar-refractivity contribution in [1.29, 1.82) is 0 Å². The van der Waals surface area contributed by atoms with E-state index in [9.17, 15) is 14.9 Å². The van der Waals surface area contributed by atoms with Crippen LogP contribution in [0.1, 0.15) is 22.8 Å². The SMILES string of the molecule is CCNc1ccc(C(=O)Nc2ccnn2Cc2ccc(Cl)cc2Cl)cc1[N+](=O)[O-]. The summed E-state index contributed by atoms with van der Waals surface area (Å²) in [4.78, 5) is 23.4. The quantitative estimate of drug-likeness (QED) is 0.410. The van der Waals surface area contributed by atoms with Gasteiger partial charge in [-0.3, -0.25) is 14.9 Å². The van der Waals surface area contributed by atoms with E-state index in [1.54, 1.807) is 28.9 Å². The molecule has 0 radical (unpaired) electrons. The number of amides is 1. The maximum Gasteiger partial charge on any atom is 0.293 e. The maximum absolute atomic E-state index is 12.6. The lowest BCUT2D eigenvalue weighted by atomic mass is 10.1. The number of nitrogens with zero attached hydrogens (tertiary/aromatic N) is 3. The van der Waals surface area contributed by atoms with Gasteiger partial charge >= 0.3 is 0 Å². The Morgan fingerprint density at radius 2 is 2.00 bits per heavy atom. The second kappa shape index (κ2) is 8.93. The van der Waals surface area contributed by atoms with Crippen LogP contribution in [0.5, 0.6) is 0 Å². The molecule has 3 aromatic rings. The second-order valence-corrected chi connectivity index (χ2v) is 6.93. The minimum atomic E-state index is -0.526. The summed E-state index contributed by atoms with van der Waals surface area (Å²) < 4.78 is 1.56. The third kappa shape index (κ3) is 4.85. The van der Waals surface area contributed by atoms with E-state index in [-0.39, 0.29) is 11.3 Å². The molecule has 2 N–H and O–H groups in total. The largest absolute Gasteiger partial charge is 0.380 e. The lowest BCUT2D eigenvalue weighted by Crippen LogP contribution is -2.16. The van der Waals surface area contributed by atoms with Gasteiger partial charge in [-0.2, -0.15) is 5.10 Å². The van der Waals surface area contributed by atoms with Crippen molar-refractivity contribution < 1.29 is 9.72 Å². The van der Waals surface area contributed by atoms with Crippen LogP contribution in [0.25, 0.3) is 0 Å². The first-order valence-electron chi connectivity index (χ1n) is 8.68. The van der Waals surface area contributed by atoms with E-state index in [0.717, 1.165) is 5.56 Å². The number of nitrogens with one attached hydrogen (secondary N) is 2. The zero-order valence-electron chi connectivity index (χ0n) is 15.4. The van der Waals surface area contributed by atoms with Crippen LogP contribution in [0.4, 0.5) is 17.2 Å². The van der Waals surface area contributed by atoms with E-state index in [2.05, 4.69) is 15.7 Å². The van der Waals surface area contributed by atoms with Crippen LogP contribution in [0.3, 0.4) is 0 Å². The molecule has 1 aromatic heterocycles. The molecular formula is C19H17Cl2N5O3. The van der Waals surface area contributed by atoms with Crippen LogP contribution >= 0.6 is 23.2 Å². The molecule has 0 spiro atoms. The van der Waals surface area contributed by atoms with Crippen LogP contribution in [-0.2, 0) is 6.54 Å². The Morgan fingerprint density at radius 1 is 1.21 bits per heavy atom. The summed E-state index contributed by atoms with van der Waals surface area (Å²) in [5.74, 6) is -0.0560. The fourth-order valence-electron chi connectivity index (χ4n) is 2.73. The highest BCUT2D eigenvalue weighted by Crippen LogP contribution is 2.26. The third-order valence-electron chi connectivity index (χ3n) is 4.12. The first kappa shape index (κ1) is 20.6. The lowest BCUT2D eigenvalue weighted by molar-refractivity contribution is -0.384. The van der Waals surface area contributed by atoms with Crippen molar-refractivity contribution in [3.8, 4) is 0 Å². The van der Waals surface area contributed by atoms with Gasteiger partial charge in [0.2, 0.25) is 0 Å². The molecule has 0 aliphatic carbocycles. The number of hydrogen-bond acceptors (Lipinski definition) is 5. The molecule has 0 aliphatic rings. The van der Waals surface area contributed by atoms with Crippen LogP contribution in [-0.4, -0.2) is 27.2 Å². The number of hydrogen-bond donors (Lipinski definition) is 2. The minimum absolute atomic E-state index is 0.163. The molecule has 0 aliphatic heterocycles. The second-order valence-electron chi connectivity index (χ2n) is 6.08. The fourth-order valence-corrected chi connectivity index (χ4v) is 3.20. The standard InChI is InChI=1S/C19H17Cl2N5O3/c1-2-22-16-6-4-12(9-17(16)26(28)29)19(27)24-18-7-8-23-25(18)11-13-3-5-14(20)10-15(13)21/h3-10,22H,2,11H2,1H3,(H,24,27). The van der Waals surface area contributed by atoms with Gasteiger partial charge in [0.15, 0.2) is 0 Å². The Balaban J connectivity index is 1.81. The van der Waals surface area contributed by atoms with Gasteiger partial charge in [-0.05, 0) is 36.8 Å². The highest BCUT2D eigenvalue weighted by atomic mass is 35.5. The minimum Gasteiger partial charge on any atom is -0.380 e. The van der Waals surface area contributed by atoms with Crippen LogP contribution < -0.4 is 10.6 Å². The molecule has 0 saturated carbocycles. The molecule has 0 saturated heterocycles. The Labute approximate surface area is 176 Å². The van der Waals surface area contributed by atoms with E-state index in [4.69, 9.17) is 23.2 Å². The van der Waals surface area contributed by atoms with Crippen LogP contribution in [0, 0.1) is 10.1 Å². The van der Waals surface area contributed by atoms with Gasteiger partial charge in [-0.25, -0.2) is 4.68 Å². The fraction of sp³-hybridized carbons (Fsp3) is 0.158. The topological polar surface area (TPSA) is 102 Å². The molecule has 0 unspecified atom stereocenters.